The molecule has 0 aromatic heterocycles. The maximum atomic E-state index is 9.09. The summed E-state index contributed by atoms with van der Waals surface area (Å²) in [6.07, 6.45) is 0. The minimum atomic E-state index is -3.11. The van der Waals surface area contributed by atoms with Crippen LogP contribution in [0.5, 0.6) is 0 Å². The van der Waals surface area contributed by atoms with Gasteiger partial charge in [0.15, 0.2) is 0 Å². The van der Waals surface area contributed by atoms with E-state index in [4.69, 9.17) is 41.4 Å². The van der Waals surface area contributed by atoms with Crippen molar-refractivity contribution in [2.24, 2.45) is 0 Å². The van der Waals surface area contributed by atoms with Gasteiger partial charge in [-0.3, -0.25) is 12.6 Å². The third-order valence-corrected chi connectivity index (χ3v) is 1.00. The Bertz CT molecular complexity index is 158. The molecule has 92 valence electrons. The average Bonchev–Trinajstić information content (AvgIpc) is 2.10. The van der Waals surface area contributed by atoms with Crippen molar-refractivity contribution in [3.63, 3.8) is 0 Å². The first kappa shape index (κ1) is 63.0. The molecule has 0 aliphatic carbocycles. The third-order valence-electron chi connectivity index (χ3n) is 0.111. The largest absolute Gasteiger partial charge is 1.00 e. The zero-order valence-electron chi connectivity index (χ0n) is 11.8. The Morgan fingerprint density at radius 2 is 0.650 bits per heavy atom. The maximum Gasteiger partial charge on any atom is 1.00 e. The molecule has 0 amide bonds. The van der Waals surface area contributed by atoms with Gasteiger partial charge in [-0.1, -0.05) is 0 Å². The van der Waals surface area contributed by atoms with Gasteiger partial charge in [0.2, 0.25) is 0 Å². The standard InChI is InChI=1S/4K.2Na.H2O4S2.H2O3S.O2.H2S2/c;;;;;;1-5(2)6(3)4;1-4(2)3;2*1-2/h;;;;;;(H,1,2)(H,3,4);(H2,1,2,3);;1-2H/q6*+1;;;-2;/p-4. The molecule has 2 atom stereocenters. The van der Waals surface area contributed by atoms with Crippen LogP contribution in [-0.2, 0) is 31.6 Å². The van der Waals surface area contributed by atoms with E-state index in [2.05, 4.69) is 23.3 Å². The topological polar surface area (TPSA) is 190 Å². The molecule has 0 aliphatic rings. The van der Waals surface area contributed by atoms with Crippen LogP contribution in [-0.4, -0.2) is 30.8 Å². The van der Waals surface area contributed by atoms with Gasteiger partial charge in [-0.2, -0.15) is 0 Å². The first-order valence-corrected chi connectivity index (χ1v) is 6.97. The van der Waals surface area contributed by atoms with Crippen LogP contribution in [0, 0.1) is 0 Å². The van der Waals surface area contributed by atoms with Gasteiger partial charge in [-0.25, -0.2) is 0 Å². The van der Waals surface area contributed by atoms with E-state index >= 15 is 0 Å². The van der Waals surface area contributed by atoms with Crippen LogP contribution >= 0.6 is 23.3 Å². The fraction of sp³-hybridized carbons (Fsp3) is 0. The van der Waals surface area contributed by atoms with Crippen LogP contribution < -0.4 is 275 Å². The van der Waals surface area contributed by atoms with Crippen molar-refractivity contribution in [1.29, 1.82) is 0 Å². The summed E-state index contributed by atoms with van der Waals surface area (Å²) in [7, 11) is -5.90. The molecule has 0 radical (unpaired) electrons. The average molecular weight is 509 g/mol. The van der Waals surface area contributed by atoms with Crippen molar-refractivity contribution in [3.8, 4) is 0 Å². The molecule has 20 heteroatoms. The van der Waals surface area contributed by atoms with Gasteiger partial charge < -0.3 is 28.7 Å². The fourth-order valence-electron chi connectivity index (χ4n) is 0. The molecule has 0 rings (SSSR count). The Morgan fingerprint density at radius 1 is 0.600 bits per heavy atom. The molecule has 0 bridgehead atoms. The van der Waals surface area contributed by atoms with Crippen LogP contribution in [0.3, 0.4) is 0 Å². The molecule has 0 aliphatic heterocycles. The summed E-state index contributed by atoms with van der Waals surface area (Å²) in [6, 6.07) is 0. The van der Waals surface area contributed by atoms with Crippen molar-refractivity contribution in [1.82, 2.24) is 0 Å². The summed E-state index contributed by atoms with van der Waals surface area (Å²) >= 11 is 3.33. The quantitative estimate of drug-likeness (QED) is 0.0864. The van der Waals surface area contributed by atoms with Crippen molar-refractivity contribution in [2.75, 3.05) is 0 Å². The molecule has 20 heavy (non-hydrogen) atoms. The van der Waals surface area contributed by atoms with E-state index in [0.29, 0.717) is 0 Å². The second kappa shape index (κ2) is 63.0. The molecule has 0 N–H and O–H groups in total. The van der Waals surface area contributed by atoms with E-state index in [1.165, 1.54) is 0 Å². The number of rotatable bonds is 1. The molecule has 9 nitrogen and oxygen atoms in total. The summed E-state index contributed by atoms with van der Waals surface area (Å²) in [4.78, 5) is 0. The number of hydrogen-bond acceptors (Lipinski definition) is 11. The Labute approximate surface area is 349 Å². The van der Waals surface area contributed by atoms with Crippen molar-refractivity contribution in [2.45, 2.75) is 0 Å². The zero-order valence-corrected chi connectivity index (χ0v) is 32.5. The van der Waals surface area contributed by atoms with Crippen LogP contribution in [0.4, 0.5) is 0 Å². The van der Waals surface area contributed by atoms with E-state index in [9.17, 15) is 0 Å². The summed E-state index contributed by atoms with van der Waals surface area (Å²) < 4.78 is 61.7. The Balaban J connectivity index is -0.00000000820. The van der Waals surface area contributed by atoms with Gasteiger partial charge in [0.05, 0.1) is 0 Å². The van der Waals surface area contributed by atoms with E-state index in [-0.39, 0.29) is 265 Å². The normalized spacial score (nSPS) is 8.25. The SMILES string of the molecule is O=S([O-])S(=O)[O-].O=S([O-])[O-].SS.[K+].[K+].[K+].[K+].[Na+].[Na+].[O-][O-]. The Morgan fingerprint density at radius 3 is 0.650 bits per heavy atom. The molecule has 0 saturated carbocycles. The number of thiol groups is 2. The van der Waals surface area contributed by atoms with Crippen LogP contribution in [0.2, 0.25) is 0 Å². The van der Waals surface area contributed by atoms with E-state index in [0.717, 1.165) is 0 Å². The molecule has 0 spiro atoms. The van der Waals surface area contributed by atoms with Gasteiger partial charge >= 0.3 is 265 Å². The predicted molar refractivity (Wildman–Crippen MR) is 45.5 cm³/mol. The van der Waals surface area contributed by atoms with Crippen LogP contribution in [0.1, 0.15) is 0 Å². The molecule has 0 heterocycles. The predicted octanol–water partition coefficient (Wildman–Crippen LogP) is -21.9. The van der Waals surface area contributed by atoms with E-state index in [1.54, 1.807) is 0 Å². The molecule has 0 aromatic carbocycles. The molecule has 2 unspecified atom stereocenters. The minimum absolute atomic E-state index is 0. The Hall–Kier alpha value is 9.46. The smallest absolute Gasteiger partial charge is 1.00 e. The van der Waals surface area contributed by atoms with Crippen molar-refractivity contribution in [3.05, 3.63) is 0 Å². The first-order chi connectivity index (χ1) is 6.37. The second-order valence-corrected chi connectivity index (χ2v) is 3.47. The van der Waals surface area contributed by atoms with Gasteiger partial charge in [0.25, 0.3) is 0 Å². The second-order valence-electron chi connectivity index (χ2n) is 0.612. The van der Waals surface area contributed by atoms with Gasteiger partial charge in [-0.15, -0.1) is 34.7 Å². The minimum Gasteiger partial charge on any atom is -1.00 e. The van der Waals surface area contributed by atoms with Crippen molar-refractivity contribution < 1.29 is 306 Å². The zero-order chi connectivity index (χ0) is 12.7. The molecule has 0 aromatic rings. The third kappa shape index (κ3) is 106. The van der Waals surface area contributed by atoms with Crippen LogP contribution in [0.25, 0.3) is 0 Å². The van der Waals surface area contributed by atoms with Gasteiger partial charge in [0.1, 0.15) is 0 Å². The van der Waals surface area contributed by atoms with E-state index in [1.807, 2.05) is 0 Å². The van der Waals surface area contributed by atoms with Crippen molar-refractivity contribution >= 4 is 54.9 Å². The molecule has 0 saturated heterocycles. The maximum absolute atomic E-state index is 9.09. The summed E-state index contributed by atoms with van der Waals surface area (Å²) in [5, 5.41) is 14.0. The first-order valence-electron chi connectivity index (χ1n) is 1.70. The monoisotopic (exact) mass is 508 g/mol. The molecular formula is H2K4Na2O9S5. The van der Waals surface area contributed by atoms with E-state index < -0.39 is 31.6 Å². The fourth-order valence-corrected chi connectivity index (χ4v) is 0. The molecular weight excluding hydrogens is 507 g/mol. The van der Waals surface area contributed by atoms with Crippen LogP contribution in [0.15, 0.2) is 0 Å². The molecule has 0 fully saturated rings. The van der Waals surface area contributed by atoms with Gasteiger partial charge in [-0.05, 0) is 0 Å². The summed E-state index contributed by atoms with van der Waals surface area (Å²) in [6.45, 7) is 0. The Kier molecular flexibility index (Phi) is 198. The summed E-state index contributed by atoms with van der Waals surface area (Å²) in [5.41, 5.74) is 0. The van der Waals surface area contributed by atoms with Gasteiger partial charge in [0, 0.05) is 20.2 Å². The summed E-state index contributed by atoms with van der Waals surface area (Å²) in [5.74, 6) is 0. The number of hydrogen-bond donors (Lipinski definition) is 2.